The van der Waals surface area contributed by atoms with E-state index in [-0.39, 0.29) is 0 Å². The van der Waals surface area contributed by atoms with E-state index in [1.165, 1.54) is 28.1 Å². The normalized spacial score (nSPS) is 16.7. The van der Waals surface area contributed by atoms with Gasteiger partial charge in [-0.05, 0) is 28.1 Å². The van der Waals surface area contributed by atoms with Crippen molar-refractivity contribution < 1.29 is 15.0 Å². The van der Waals surface area contributed by atoms with Crippen molar-refractivity contribution in [3.63, 3.8) is 0 Å². The lowest BCUT2D eigenvalue weighted by atomic mass is 9.98. The van der Waals surface area contributed by atoms with Crippen LogP contribution in [0.2, 0.25) is 0 Å². The van der Waals surface area contributed by atoms with Crippen molar-refractivity contribution in [3.8, 4) is 0 Å². The summed E-state index contributed by atoms with van der Waals surface area (Å²) < 4.78 is 0. The number of likely N-dealkylation sites (N-methyl/N-ethyl adjacent to an activating group) is 3. The van der Waals surface area contributed by atoms with Crippen molar-refractivity contribution in [2.75, 3.05) is 21.1 Å². The Balaban J connectivity index is 5.09. The highest BCUT2D eigenvalue weighted by molar-refractivity contribution is 5.79. The number of hydrogen-bond donors (Lipinski definition) is 5. The molecule has 0 spiro atoms. The van der Waals surface area contributed by atoms with Gasteiger partial charge in [0, 0.05) is 0 Å². The Bertz CT molecular complexity index is 189. The van der Waals surface area contributed by atoms with Gasteiger partial charge in [-0.25, -0.2) is 4.79 Å². The van der Waals surface area contributed by atoms with Gasteiger partial charge in [0.05, 0.1) is 0 Å². The van der Waals surface area contributed by atoms with Crippen LogP contribution in [0.25, 0.3) is 0 Å². The molecule has 5 N–H and O–H groups in total. The summed E-state index contributed by atoms with van der Waals surface area (Å²) in [5.74, 6) is -1.18. The van der Waals surface area contributed by atoms with Gasteiger partial charge in [0.25, 0.3) is 0 Å². The lowest BCUT2D eigenvalue weighted by molar-refractivity contribution is -0.163. The van der Waals surface area contributed by atoms with Crippen LogP contribution in [-0.4, -0.2) is 48.7 Å². The van der Waals surface area contributed by atoms with Gasteiger partial charge < -0.3 is 10.2 Å². The van der Waals surface area contributed by atoms with Crippen molar-refractivity contribution in [3.05, 3.63) is 0 Å². The van der Waals surface area contributed by atoms with Gasteiger partial charge in [0.15, 0.2) is 5.72 Å². The molecule has 0 aliphatic heterocycles. The largest absolute Gasteiger partial charge is 0.479 e. The number of aliphatic carboxylic acids is 1. The maximum absolute atomic E-state index is 11.0. The Labute approximate surface area is 77.3 Å². The van der Waals surface area contributed by atoms with E-state index in [1.807, 2.05) is 0 Å². The van der Waals surface area contributed by atoms with Gasteiger partial charge in [-0.3, -0.25) is 16.0 Å². The van der Waals surface area contributed by atoms with Gasteiger partial charge in [-0.15, -0.1) is 0 Å². The molecule has 1 atom stereocenters. The van der Waals surface area contributed by atoms with Gasteiger partial charge >= 0.3 is 5.97 Å². The second-order valence-electron chi connectivity index (χ2n) is 2.88. The summed E-state index contributed by atoms with van der Waals surface area (Å²) in [7, 11) is 4.39. The molecule has 0 saturated heterocycles. The molecule has 0 aromatic rings. The zero-order valence-electron chi connectivity index (χ0n) is 8.30. The number of nitrogens with one attached hydrogen (secondary N) is 3. The topological polar surface area (TPSA) is 93.6 Å². The highest BCUT2D eigenvalue weighted by atomic mass is 16.4. The van der Waals surface area contributed by atoms with Gasteiger partial charge in [-0.2, -0.15) is 0 Å². The number of hydrogen-bond acceptors (Lipinski definition) is 5. The molecule has 0 aromatic carbocycles. The second kappa shape index (κ2) is 4.01. The molecule has 13 heavy (non-hydrogen) atoms. The fraction of sp³-hybridized carbons (Fsp3) is 0.857. The van der Waals surface area contributed by atoms with Crippen molar-refractivity contribution in [1.82, 2.24) is 16.0 Å². The van der Waals surface area contributed by atoms with Gasteiger partial charge in [0.2, 0.25) is 5.66 Å². The molecular weight excluding hydrogens is 174 g/mol. The summed E-state index contributed by atoms with van der Waals surface area (Å²) in [5, 5.41) is 26.3. The third-order valence-corrected chi connectivity index (χ3v) is 2.29. The van der Waals surface area contributed by atoms with E-state index in [9.17, 15) is 9.90 Å². The van der Waals surface area contributed by atoms with Crippen LogP contribution < -0.4 is 16.0 Å². The summed E-state index contributed by atoms with van der Waals surface area (Å²) in [4.78, 5) is 11.0. The Morgan fingerprint density at radius 1 is 1.15 bits per heavy atom. The lowest BCUT2D eigenvalue weighted by Gasteiger charge is -2.41. The van der Waals surface area contributed by atoms with E-state index in [0.29, 0.717) is 0 Å². The Hall–Kier alpha value is -0.690. The van der Waals surface area contributed by atoms with E-state index >= 15 is 0 Å². The second-order valence-corrected chi connectivity index (χ2v) is 2.88. The Morgan fingerprint density at radius 2 is 1.54 bits per heavy atom. The zero-order valence-corrected chi connectivity index (χ0v) is 8.30. The summed E-state index contributed by atoms with van der Waals surface area (Å²) in [5.41, 5.74) is -3.20. The molecule has 0 bridgehead atoms. The van der Waals surface area contributed by atoms with Crippen LogP contribution >= 0.6 is 0 Å². The summed E-state index contributed by atoms with van der Waals surface area (Å²) in [6.07, 6.45) is 0. The summed E-state index contributed by atoms with van der Waals surface area (Å²) in [6, 6.07) is 0. The average molecular weight is 191 g/mol. The highest BCUT2D eigenvalue weighted by Crippen LogP contribution is 2.15. The molecule has 0 saturated carbocycles. The number of carbonyl (C=O) groups is 1. The molecule has 78 valence electrons. The number of aliphatic hydroxyl groups is 1. The zero-order chi connectivity index (χ0) is 10.7. The number of carboxylic acids is 1. The van der Waals surface area contributed by atoms with E-state index < -0.39 is 17.4 Å². The van der Waals surface area contributed by atoms with Crippen molar-refractivity contribution >= 4 is 5.97 Å². The van der Waals surface area contributed by atoms with E-state index in [0.717, 1.165) is 0 Å². The Morgan fingerprint density at radius 3 is 1.62 bits per heavy atom. The van der Waals surface area contributed by atoms with Crippen LogP contribution in [-0.2, 0) is 4.79 Å². The van der Waals surface area contributed by atoms with Crippen LogP contribution in [0.3, 0.4) is 0 Å². The first-order valence-corrected chi connectivity index (χ1v) is 3.90. The molecule has 0 amide bonds. The smallest absolute Gasteiger partial charge is 0.343 e. The minimum absolute atomic E-state index is 1.18. The third kappa shape index (κ3) is 1.80. The molecule has 0 aromatic heterocycles. The highest BCUT2D eigenvalue weighted by Gasteiger charge is 2.51. The minimum atomic E-state index is -1.61. The maximum atomic E-state index is 11.0. The van der Waals surface area contributed by atoms with Crippen LogP contribution in [0.4, 0.5) is 0 Å². The minimum Gasteiger partial charge on any atom is -0.479 e. The van der Waals surface area contributed by atoms with Crippen LogP contribution in [0.5, 0.6) is 0 Å². The molecular formula is C7H17N3O3. The van der Waals surface area contributed by atoms with Gasteiger partial charge in [0.1, 0.15) is 0 Å². The molecule has 0 heterocycles. The maximum Gasteiger partial charge on any atom is 0.343 e. The van der Waals surface area contributed by atoms with Crippen molar-refractivity contribution in [1.29, 1.82) is 0 Å². The molecule has 0 unspecified atom stereocenters. The number of carboxylic acid groups (broad SMARTS) is 1. The Kier molecular flexibility index (Phi) is 3.80. The van der Waals surface area contributed by atoms with E-state index in [4.69, 9.17) is 5.11 Å². The van der Waals surface area contributed by atoms with Gasteiger partial charge in [-0.1, -0.05) is 0 Å². The first kappa shape index (κ1) is 12.3. The summed E-state index contributed by atoms with van der Waals surface area (Å²) in [6.45, 7) is 1.37. The van der Waals surface area contributed by atoms with Crippen molar-refractivity contribution in [2.24, 2.45) is 0 Å². The monoisotopic (exact) mass is 191 g/mol. The fourth-order valence-corrected chi connectivity index (χ4v) is 1.22. The van der Waals surface area contributed by atoms with Crippen molar-refractivity contribution in [2.45, 2.75) is 18.3 Å². The number of rotatable bonds is 5. The molecule has 0 aliphatic carbocycles. The molecule has 0 rings (SSSR count). The molecule has 0 radical (unpaired) electrons. The predicted molar refractivity (Wildman–Crippen MR) is 48.2 cm³/mol. The molecule has 0 fully saturated rings. The van der Waals surface area contributed by atoms with Crippen LogP contribution in [0.1, 0.15) is 6.92 Å². The molecule has 6 heteroatoms. The van der Waals surface area contributed by atoms with E-state index in [1.54, 1.807) is 0 Å². The first-order chi connectivity index (χ1) is 5.88. The summed E-state index contributed by atoms with van der Waals surface area (Å²) >= 11 is 0. The molecule has 6 nitrogen and oxygen atoms in total. The molecule has 0 aliphatic rings. The average Bonchev–Trinajstić information content (AvgIpc) is 2.06. The van der Waals surface area contributed by atoms with E-state index in [2.05, 4.69) is 16.0 Å². The van der Waals surface area contributed by atoms with Crippen LogP contribution in [0.15, 0.2) is 0 Å². The SMILES string of the molecule is CNC(NC)(C(=O)O)[C@@](C)(O)NC. The first-order valence-electron chi connectivity index (χ1n) is 3.90. The quantitative estimate of drug-likeness (QED) is 0.327. The fourth-order valence-electron chi connectivity index (χ4n) is 1.22. The van der Waals surface area contributed by atoms with Crippen LogP contribution in [0, 0.1) is 0 Å². The predicted octanol–water partition coefficient (Wildman–Crippen LogP) is -1.87. The third-order valence-electron chi connectivity index (χ3n) is 2.29. The standard InChI is InChI=1S/C7H17N3O3/c1-6(13,8-2)7(9-3,10-4)5(11)12/h8-10,13H,1-4H3,(H,11,12)/t6-/m1/s1. The lowest BCUT2D eigenvalue weighted by Crippen LogP contribution is -2.76.